The quantitative estimate of drug-likeness (QED) is 0.368. The van der Waals surface area contributed by atoms with E-state index >= 15 is 0 Å². The Kier molecular flexibility index (Phi) is 6.18. The van der Waals surface area contributed by atoms with Crippen LogP contribution in [0.4, 0.5) is 5.82 Å². The van der Waals surface area contributed by atoms with Gasteiger partial charge in [-0.15, -0.1) is 0 Å². The van der Waals surface area contributed by atoms with Crippen LogP contribution in [-0.2, 0) is 21.8 Å². The predicted molar refractivity (Wildman–Crippen MR) is 111 cm³/mol. The number of carbonyl (C=O) groups is 1. The number of hydrogen-bond acceptors (Lipinski definition) is 7. The van der Waals surface area contributed by atoms with E-state index in [0.717, 1.165) is 11.4 Å². The molecule has 0 aliphatic heterocycles. The minimum Gasteiger partial charge on any atom is -0.463 e. The van der Waals surface area contributed by atoms with Crippen LogP contribution in [0.2, 0.25) is 0 Å². The van der Waals surface area contributed by atoms with E-state index in [2.05, 4.69) is 32.4 Å². The van der Waals surface area contributed by atoms with Gasteiger partial charge in [-0.2, -0.15) is 0 Å². The Hall–Kier alpha value is -2.61. The molecule has 3 rings (SSSR count). The van der Waals surface area contributed by atoms with E-state index in [1.54, 1.807) is 18.1 Å². The number of aromatic nitrogens is 4. The third kappa shape index (κ3) is 4.81. The molecule has 0 aliphatic carbocycles. The second-order valence-corrected chi connectivity index (χ2v) is 8.32. The van der Waals surface area contributed by atoms with Crippen molar-refractivity contribution in [2.75, 3.05) is 19.0 Å². The highest BCUT2D eigenvalue weighted by molar-refractivity contribution is 7.98. The molecule has 3 aromatic rings. The Morgan fingerprint density at radius 2 is 1.96 bits per heavy atom. The van der Waals surface area contributed by atoms with E-state index in [-0.39, 0.29) is 12.6 Å². The molecule has 0 bridgehead atoms. The lowest BCUT2D eigenvalue weighted by molar-refractivity contribution is -0.153. The molecule has 0 unspecified atom stereocenters. The van der Waals surface area contributed by atoms with Crippen molar-refractivity contribution < 1.29 is 9.53 Å². The summed E-state index contributed by atoms with van der Waals surface area (Å²) in [6.07, 6.45) is 1.71. The summed E-state index contributed by atoms with van der Waals surface area (Å²) >= 11 is 1.57. The van der Waals surface area contributed by atoms with Gasteiger partial charge >= 0.3 is 5.97 Å². The topological polar surface area (TPSA) is 81.9 Å². The smallest absolute Gasteiger partial charge is 0.311 e. The van der Waals surface area contributed by atoms with Crippen LogP contribution in [0.5, 0.6) is 0 Å². The van der Waals surface area contributed by atoms with Crippen LogP contribution in [-0.4, -0.2) is 39.1 Å². The molecular weight excluding hydrogens is 374 g/mol. The van der Waals surface area contributed by atoms with Gasteiger partial charge in [0.05, 0.1) is 18.3 Å². The summed E-state index contributed by atoms with van der Waals surface area (Å²) in [5, 5.41) is 3.77. The van der Waals surface area contributed by atoms with Gasteiger partial charge in [0, 0.05) is 12.8 Å². The summed E-state index contributed by atoms with van der Waals surface area (Å²) in [5.74, 6) is 1.25. The molecule has 0 amide bonds. The standard InChI is InChI=1S/C20H25N5O2S/c1-20(2,3)18(26)27-11-10-25-13-22-15-16(21-4)23-19(24-17(15)25)28-12-14-8-6-5-7-9-14/h5-9,13H,10-12H2,1-4H3,(H,21,23,24). The highest BCUT2D eigenvalue weighted by Gasteiger charge is 2.23. The van der Waals surface area contributed by atoms with Crippen molar-refractivity contribution >= 4 is 34.7 Å². The van der Waals surface area contributed by atoms with Crippen molar-refractivity contribution in [3.05, 3.63) is 42.2 Å². The molecule has 28 heavy (non-hydrogen) atoms. The SMILES string of the molecule is CNc1nc(SCc2ccccc2)nc2c1ncn2CCOC(=O)C(C)(C)C. The van der Waals surface area contributed by atoms with Gasteiger partial charge in [-0.1, -0.05) is 42.1 Å². The third-order valence-electron chi connectivity index (χ3n) is 4.07. The average molecular weight is 400 g/mol. The molecule has 0 saturated heterocycles. The normalized spacial score (nSPS) is 11.6. The monoisotopic (exact) mass is 399 g/mol. The molecule has 8 heteroatoms. The van der Waals surface area contributed by atoms with Gasteiger partial charge in [-0.25, -0.2) is 15.0 Å². The summed E-state index contributed by atoms with van der Waals surface area (Å²) in [5.41, 5.74) is 2.12. The van der Waals surface area contributed by atoms with E-state index in [9.17, 15) is 4.79 Å². The zero-order valence-electron chi connectivity index (χ0n) is 16.6. The Morgan fingerprint density at radius 3 is 2.64 bits per heavy atom. The molecule has 2 heterocycles. The van der Waals surface area contributed by atoms with Crippen molar-refractivity contribution in [1.82, 2.24) is 19.5 Å². The summed E-state index contributed by atoms with van der Waals surface area (Å²) in [4.78, 5) is 25.6. The van der Waals surface area contributed by atoms with E-state index in [1.165, 1.54) is 5.56 Å². The lowest BCUT2D eigenvalue weighted by Gasteiger charge is -2.16. The molecule has 0 fully saturated rings. The first kappa shape index (κ1) is 20.1. The Balaban J connectivity index is 1.76. The molecule has 0 radical (unpaired) electrons. The molecule has 0 aliphatic rings. The maximum absolute atomic E-state index is 11.9. The second kappa shape index (κ2) is 8.60. The maximum atomic E-state index is 11.9. The lowest BCUT2D eigenvalue weighted by atomic mass is 9.97. The number of nitrogens with one attached hydrogen (secondary N) is 1. The van der Waals surface area contributed by atoms with Gasteiger partial charge < -0.3 is 14.6 Å². The van der Waals surface area contributed by atoms with Crippen molar-refractivity contribution in [2.24, 2.45) is 5.41 Å². The molecule has 0 atom stereocenters. The maximum Gasteiger partial charge on any atom is 0.311 e. The number of carbonyl (C=O) groups excluding carboxylic acids is 1. The number of fused-ring (bicyclic) bond motifs is 1. The number of nitrogens with zero attached hydrogens (tertiary/aromatic N) is 4. The summed E-state index contributed by atoms with van der Waals surface area (Å²) in [6, 6.07) is 10.2. The number of ether oxygens (including phenoxy) is 1. The van der Waals surface area contributed by atoms with Crippen LogP contribution >= 0.6 is 11.8 Å². The van der Waals surface area contributed by atoms with Gasteiger partial charge in [0.2, 0.25) is 0 Å². The van der Waals surface area contributed by atoms with E-state index in [1.807, 2.05) is 50.6 Å². The van der Waals surface area contributed by atoms with Crippen molar-refractivity contribution in [1.29, 1.82) is 0 Å². The van der Waals surface area contributed by atoms with Gasteiger partial charge in [-0.3, -0.25) is 4.79 Å². The van der Waals surface area contributed by atoms with Crippen LogP contribution in [0.3, 0.4) is 0 Å². The predicted octanol–water partition coefficient (Wildman–Crippen LogP) is 3.75. The number of benzene rings is 1. The minimum atomic E-state index is -0.514. The van der Waals surface area contributed by atoms with Crippen LogP contribution in [0.1, 0.15) is 26.3 Å². The van der Waals surface area contributed by atoms with Crippen LogP contribution in [0, 0.1) is 5.41 Å². The van der Waals surface area contributed by atoms with Gasteiger partial charge in [-0.05, 0) is 26.3 Å². The van der Waals surface area contributed by atoms with Crippen LogP contribution < -0.4 is 5.32 Å². The first-order chi connectivity index (χ1) is 13.4. The second-order valence-electron chi connectivity index (χ2n) is 7.38. The number of rotatable bonds is 7. The fourth-order valence-corrected chi connectivity index (χ4v) is 3.30. The average Bonchev–Trinajstić information content (AvgIpc) is 3.08. The van der Waals surface area contributed by atoms with Crippen LogP contribution in [0.15, 0.2) is 41.8 Å². The van der Waals surface area contributed by atoms with Crippen molar-refractivity contribution in [2.45, 2.75) is 38.2 Å². The highest BCUT2D eigenvalue weighted by Crippen LogP contribution is 2.25. The Bertz CT molecular complexity index is 950. The van der Waals surface area contributed by atoms with Crippen molar-refractivity contribution in [3.8, 4) is 0 Å². The molecule has 2 aromatic heterocycles. The van der Waals surface area contributed by atoms with E-state index in [0.29, 0.717) is 23.0 Å². The van der Waals surface area contributed by atoms with Gasteiger partial charge in [0.1, 0.15) is 12.1 Å². The van der Waals surface area contributed by atoms with Crippen LogP contribution in [0.25, 0.3) is 11.2 Å². The minimum absolute atomic E-state index is 0.221. The molecule has 0 saturated carbocycles. The zero-order valence-corrected chi connectivity index (χ0v) is 17.4. The van der Waals surface area contributed by atoms with Gasteiger partial charge in [0.25, 0.3) is 0 Å². The Labute approximate surface area is 168 Å². The van der Waals surface area contributed by atoms with E-state index in [4.69, 9.17) is 4.74 Å². The number of hydrogen-bond donors (Lipinski definition) is 1. The molecule has 0 spiro atoms. The number of imidazole rings is 1. The summed E-state index contributed by atoms with van der Waals surface area (Å²) in [6.45, 7) is 6.27. The third-order valence-corrected chi connectivity index (χ3v) is 4.99. The van der Waals surface area contributed by atoms with Crippen molar-refractivity contribution in [3.63, 3.8) is 0 Å². The lowest BCUT2D eigenvalue weighted by Crippen LogP contribution is -2.24. The number of anilines is 1. The number of esters is 1. The fraction of sp³-hybridized carbons (Fsp3) is 0.400. The van der Waals surface area contributed by atoms with E-state index < -0.39 is 5.41 Å². The molecule has 1 aromatic carbocycles. The van der Waals surface area contributed by atoms with Gasteiger partial charge in [0.15, 0.2) is 16.6 Å². The molecular formula is C20H25N5O2S. The fourth-order valence-electron chi connectivity index (χ4n) is 2.50. The number of thioether (sulfide) groups is 1. The first-order valence-electron chi connectivity index (χ1n) is 9.13. The zero-order chi connectivity index (χ0) is 20.1. The highest BCUT2D eigenvalue weighted by atomic mass is 32.2. The summed E-state index contributed by atoms with van der Waals surface area (Å²) in [7, 11) is 1.82. The molecule has 1 N–H and O–H groups in total. The Morgan fingerprint density at radius 1 is 1.21 bits per heavy atom. The molecule has 148 valence electrons. The largest absolute Gasteiger partial charge is 0.463 e. The first-order valence-corrected chi connectivity index (χ1v) is 10.1. The molecule has 7 nitrogen and oxygen atoms in total. The summed E-state index contributed by atoms with van der Waals surface area (Å²) < 4.78 is 7.26.